The van der Waals surface area contributed by atoms with E-state index in [0.29, 0.717) is 26.3 Å². The fourth-order valence-electron chi connectivity index (χ4n) is 2.10. The second kappa shape index (κ2) is 9.31. The van der Waals surface area contributed by atoms with Gasteiger partial charge in [-0.1, -0.05) is 6.07 Å². The molecule has 6 nitrogen and oxygen atoms in total. The number of pyridine rings is 1. The molecule has 1 aliphatic rings. The molecule has 1 aromatic heterocycles. The third-order valence-electron chi connectivity index (χ3n) is 3.23. The number of ether oxygens (including phenoxy) is 2. The van der Waals surface area contributed by atoms with Crippen molar-refractivity contribution in [3.8, 4) is 0 Å². The van der Waals surface area contributed by atoms with Crippen LogP contribution in [0, 0.1) is 0 Å². The zero-order valence-electron chi connectivity index (χ0n) is 12.2. The van der Waals surface area contributed by atoms with E-state index in [4.69, 9.17) is 9.47 Å². The van der Waals surface area contributed by atoms with E-state index in [0.717, 1.165) is 31.6 Å². The van der Waals surface area contributed by atoms with Gasteiger partial charge in [0, 0.05) is 26.0 Å². The minimum absolute atomic E-state index is 0.181. The Labute approximate surface area is 125 Å². The summed E-state index contributed by atoms with van der Waals surface area (Å²) in [6.45, 7) is 3.18. The molecule has 1 saturated heterocycles. The number of nitrogens with one attached hydrogen (secondary N) is 2. The Morgan fingerprint density at radius 3 is 3.14 bits per heavy atom. The third-order valence-corrected chi connectivity index (χ3v) is 3.23. The summed E-state index contributed by atoms with van der Waals surface area (Å²) in [5.41, 5.74) is 0.840. The number of carbonyl (C=O) groups is 1. The van der Waals surface area contributed by atoms with Crippen molar-refractivity contribution in [1.82, 2.24) is 15.6 Å². The lowest BCUT2D eigenvalue weighted by molar-refractivity contribution is 0.0168. The van der Waals surface area contributed by atoms with E-state index in [2.05, 4.69) is 15.6 Å². The first-order valence-corrected chi connectivity index (χ1v) is 7.45. The molecular formula is C15H23N3O3. The minimum atomic E-state index is -0.181. The Morgan fingerprint density at radius 2 is 2.38 bits per heavy atom. The first-order valence-electron chi connectivity index (χ1n) is 7.45. The summed E-state index contributed by atoms with van der Waals surface area (Å²) in [6, 6.07) is 5.44. The van der Waals surface area contributed by atoms with Crippen LogP contribution in [-0.2, 0) is 16.0 Å². The first-order chi connectivity index (χ1) is 10.3. The number of amides is 2. The summed E-state index contributed by atoms with van der Waals surface area (Å²) in [7, 11) is 0. The molecule has 2 rings (SSSR count). The maximum atomic E-state index is 11.5. The Bertz CT molecular complexity index is 408. The van der Waals surface area contributed by atoms with Crippen molar-refractivity contribution < 1.29 is 14.3 Å². The van der Waals surface area contributed by atoms with E-state index in [9.17, 15) is 4.79 Å². The van der Waals surface area contributed by atoms with Gasteiger partial charge >= 0.3 is 6.03 Å². The maximum absolute atomic E-state index is 11.5. The van der Waals surface area contributed by atoms with Crippen molar-refractivity contribution in [3.63, 3.8) is 0 Å². The average molecular weight is 293 g/mol. The lowest BCUT2D eigenvalue weighted by Gasteiger charge is -2.10. The molecule has 0 aromatic carbocycles. The predicted octanol–water partition coefficient (Wildman–Crippen LogP) is 1.47. The minimum Gasteiger partial charge on any atom is -0.379 e. The molecule has 1 aromatic rings. The van der Waals surface area contributed by atoms with Gasteiger partial charge in [0.25, 0.3) is 0 Å². The topological polar surface area (TPSA) is 72.5 Å². The molecule has 116 valence electrons. The van der Waals surface area contributed by atoms with Crippen molar-refractivity contribution in [2.24, 2.45) is 0 Å². The summed E-state index contributed by atoms with van der Waals surface area (Å²) in [4.78, 5) is 15.7. The van der Waals surface area contributed by atoms with Gasteiger partial charge in [0.2, 0.25) is 0 Å². The van der Waals surface area contributed by atoms with Gasteiger partial charge in [0.1, 0.15) is 0 Å². The third kappa shape index (κ3) is 6.55. The smallest absolute Gasteiger partial charge is 0.315 e. The Balaban J connectivity index is 1.44. The Kier molecular flexibility index (Phi) is 6.97. The summed E-state index contributed by atoms with van der Waals surface area (Å²) in [5.74, 6) is 0. The number of hydrogen-bond donors (Lipinski definition) is 2. The quantitative estimate of drug-likeness (QED) is 0.712. The molecule has 1 atom stereocenters. The van der Waals surface area contributed by atoms with E-state index in [1.165, 1.54) is 0 Å². The van der Waals surface area contributed by atoms with Gasteiger partial charge < -0.3 is 20.1 Å². The van der Waals surface area contributed by atoms with Crippen molar-refractivity contribution >= 4 is 6.03 Å². The average Bonchev–Trinajstić information content (AvgIpc) is 3.03. The van der Waals surface area contributed by atoms with Gasteiger partial charge in [-0.3, -0.25) is 4.98 Å². The second-order valence-electron chi connectivity index (χ2n) is 4.99. The van der Waals surface area contributed by atoms with Crippen molar-refractivity contribution in [2.75, 3.05) is 26.4 Å². The predicted molar refractivity (Wildman–Crippen MR) is 78.9 cm³/mol. The highest BCUT2D eigenvalue weighted by Crippen LogP contribution is 2.11. The summed E-state index contributed by atoms with van der Waals surface area (Å²) >= 11 is 0. The lowest BCUT2D eigenvalue weighted by Crippen LogP contribution is -2.36. The molecule has 6 heteroatoms. The maximum Gasteiger partial charge on any atom is 0.315 e. The van der Waals surface area contributed by atoms with Crippen LogP contribution in [0.25, 0.3) is 0 Å². The zero-order chi connectivity index (χ0) is 14.8. The van der Waals surface area contributed by atoms with Crippen LogP contribution in [-0.4, -0.2) is 43.5 Å². The fraction of sp³-hybridized carbons (Fsp3) is 0.600. The number of nitrogens with zero attached hydrogens (tertiary/aromatic N) is 1. The lowest BCUT2D eigenvalue weighted by atomic mass is 10.2. The number of aromatic nitrogens is 1. The molecule has 1 aliphatic heterocycles. The molecule has 1 fully saturated rings. The molecule has 0 bridgehead atoms. The van der Waals surface area contributed by atoms with Crippen LogP contribution in [0.2, 0.25) is 0 Å². The van der Waals surface area contributed by atoms with E-state index >= 15 is 0 Å². The fourth-order valence-corrected chi connectivity index (χ4v) is 2.10. The number of rotatable bonds is 8. The largest absolute Gasteiger partial charge is 0.379 e. The second-order valence-corrected chi connectivity index (χ2v) is 4.99. The number of carbonyl (C=O) groups excluding carboxylic acids is 1. The summed E-state index contributed by atoms with van der Waals surface area (Å²) in [6.07, 6.45) is 4.99. The van der Waals surface area contributed by atoms with Gasteiger partial charge in [-0.05, 0) is 31.4 Å². The molecule has 0 saturated carbocycles. The van der Waals surface area contributed by atoms with Crippen LogP contribution in [0.1, 0.15) is 25.0 Å². The molecule has 2 heterocycles. The molecule has 2 amide bonds. The highest BCUT2D eigenvalue weighted by Gasteiger charge is 2.14. The van der Waals surface area contributed by atoms with E-state index < -0.39 is 0 Å². The monoisotopic (exact) mass is 293 g/mol. The Morgan fingerprint density at radius 1 is 1.43 bits per heavy atom. The summed E-state index contributed by atoms with van der Waals surface area (Å²) in [5, 5.41) is 5.55. The van der Waals surface area contributed by atoms with Crippen LogP contribution >= 0.6 is 0 Å². The van der Waals surface area contributed by atoms with Crippen LogP contribution in [0.15, 0.2) is 24.4 Å². The molecule has 0 aliphatic carbocycles. The standard InChI is InChI=1S/C15H23N3O3/c19-15(18-11-13-5-1-2-7-16-13)17-8-4-9-20-12-14-6-3-10-21-14/h1-2,5,7,14H,3-4,6,8-12H2,(H2,17,18,19). The van der Waals surface area contributed by atoms with E-state index in [1.54, 1.807) is 6.20 Å². The number of hydrogen-bond acceptors (Lipinski definition) is 4. The van der Waals surface area contributed by atoms with Crippen LogP contribution in [0.5, 0.6) is 0 Å². The van der Waals surface area contributed by atoms with Crippen molar-refractivity contribution in [3.05, 3.63) is 30.1 Å². The molecular weight excluding hydrogens is 270 g/mol. The normalized spacial score (nSPS) is 17.6. The van der Waals surface area contributed by atoms with Gasteiger partial charge in [-0.2, -0.15) is 0 Å². The molecule has 0 spiro atoms. The van der Waals surface area contributed by atoms with Gasteiger partial charge in [-0.25, -0.2) is 4.79 Å². The van der Waals surface area contributed by atoms with Gasteiger partial charge in [-0.15, -0.1) is 0 Å². The zero-order valence-corrected chi connectivity index (χ0v) is 12.2. The highest BCUT2D eigenvalue weighted by molar-refractivity contribution is 5.73. The Hall–Kier alpha value is -1.66. The van der Waals surface area contributed by atoms with E-state index in [1.807, 2.05) is 18.2 Å². The van der Waals surface area contributed by atoms with Crippen molar-refractivity contribution in [2.45, 2.75) is 31.9 Å². The molecule has 2 N–H and O–H groups in total. The first kappa shape index (κ1) is 15.7. The van der Waals surface area contributed by atoms with Gasteiger partial charge in [0.05, 0.1) is 24.9 Å². The van der Waals surface area contributed by atoms with Gasteiger partial charge in [0.15, 0.2) is 0 Å². The number of urea groups is 1. The summed E-state index contributed by atoms with van der Waals surface area (Å²) < 4.78 is 11.0. The van der Waals surface area contributed by atoms with E-state index in [-0.39, 0.29) is 12.1 Å². The van der Waals surface area contributed by atoms with Crippen molar-refractivity contribution in [1.29, 1.82) is 0 Å². The van der Waals surface area contributed by atoms with Crippen LogP contribution < -0.4 is 10.6 Å². The van der Waals surface area contributed by atoms with Crippen LogP contribution in [0.4, 0.5) is 4.79 Å². The van der Waals surface area contributed by atoms with Crippen LogP contribution in [0.3, 0.4) is 0 Å². The highest BCUT2D eigenvalue weighted by atomic mass is 16.5. The molecule has 21 heavy (non-hydrogen) atoms. The SMILES string of the molecule is O=C(NCCCOCC1CCCO1)NCc1ccccn1. The molecule has 0 radical (unpaired) electrons. The molecule has 1 unspecified atom stereocenters.